The minimum absolute atomic E-state index is 0.0316. The lowest BCUT2D eigenvalue weighted by atomic mass is 9.81. The van der Waals surface area contributed by atoms with Gasteiger partial charge in [0.1, 0.15) is 17.5 Å². The molecular weight excluding hydrogens is 538 g/mol. The molecule has 0 unspecified atom stereocenters. The van der Waals surface area contributed by atoms with Crippen LogP contribution in [0.5, 0.6) is 0 Å². The lowest BCUT2D eigenvalue weighted by Gasteiger charge is -2.38. The third-order valence-corrected chi connectivity index (χ3v) is 9.65. The van der Waals surface area contributed by atoms with E-state index in [0.29, 0.717) is 29.6 Å². The first kappa shape index (κ1) is 29.2. The Balaban J connectivity index is 1.26. The zero-order valence-electron chi connectivity index (χ0n) is 24.3. The van der Waals surface area contributed by atoms with Crippen molar-refractivity contribution in [2.75, 3.05) is 38.1 Å². The molecule has 0 N–H and O–H groups in total. The summed E-state index contributed by atoms with van der Waals surface area (Å²) in [5.41, 5.74) is 1.15. The number of amides is 2. The van der Waals surface area contributed by atoms with E-state index in [-0.39, 0.29) is 29.9 Å². The third kappa shape index (κ3) is 6.62. The topological polar surface area (TPSA) is 89.8 Å². The second-order valence-corrected chi connectivity index (χ2v) is 12.8. The predicted octanol–water partition coefficient (Wildman–Crippen LogP) is 5.85. The number of halogens is 1. The fraction of sp³-hybridized carbons (Fsp3) is 0.562. The van der Waals surface area contributed by atoms with Crippen molar-refractivity contribution in [2.45, 2.75) is 69.9 Å². The van der Waals surface area contributed by atoms with Gasteiger partial charge < -0.3 is 19.4 Å². The molecule has 1 aromatic heterocycles. The molecule has 218 valence electrons. The van der Waals surface area contributed by atoms with Crippen molar-refractivity contribution in [1.82, 2.24) is 14.8 Å². The smallest absolute Gasteiger partial charge is 0.410 e. The van der Waals surface area contributed by atoms with Crippen molar-refractivity contribution in [3.05, 3.63) is 58.7 Å². The molecule has 0 spiro atoms. The summed E-state index contributed by atoms with van der Waals surface area (Å²) in [5, 5.41) is 9.70. The summed E-state index contributed by atoms with van der Waals surface area (Å²) in [6.07, 6.45) is 6.62. The summed E-state index contributed by atoms with van der Waals surface area (Å²) in [5.74, 6) is 1.54. The predicted molar refractivity (Wildman–Crippen MR) is 159 cm³/mol. The molecule has 1 aliphatic carbocycles. The zero-order chi connectivity index (χ0) is 29.1. The third-order valence-electron chi connectivity index (χ3n) is 9.40. The maximum absolute atomic E-state index is 13.8. The van der Waals surface area contributed by atoms with Gasteiger partial charge in [0.25, 0.3) is 0 Å². The van der Waals surface area contributed by atoms with E-state index in [1.54, 1.807) is 17.2 Å². The second kappa shape index (κ2) is 12.3. The molecule has 1 aromatic carbocycles. The molecule has 2 atom stereocenters. The van der Waals surface area contributed by atoms with Crippen LogP contribution in [0.1, 0.15) is 69.4 Å². The highest BCUT2D eigenvalue weighted by Crippen LogP contribution is 2.37. The average Bonchev–Trinajstić information content (AvgIpc) is 3.44. The Hall–Kier alpha value is -3.31. The highest BCUT2D eigenvalue weighted by Gasteiger charge is 2.44. The minimum Gasteiger partial charge on any atom is -0.443 e. The van der Waals surface area contributed by atoms with Gasteiger partial charge in [0.2, 0.25) is 5.91 Å². The number of piperidine rings is 1. The van der Waals surface area contributed by atoms with Crippen LogP contribution in [0, 0.1) is 23.2 Å². The summed E-state index contributed by atoms with van der Waals surface area (Å²) < 4.78 is 6.12. The van der Waals surface area contributed by atoms with Crippen molar-refractivity contribution in [3.8, 4) is 6.07 Å². The summed E-state index contributed by atoms with van der Waals surface area (Å²) >= 11 is 6.18. The highest BCUT2D eigenvalue weighted by molar-refractivity contribution is 6.30. The molecule has 41 heavy (non-hydrogen) atoms. The summed E-state index contributed by atoms with van der Waals surface area (Å²) in [6, 6.07) is 13.3. The maximum atomic E-state index is 13.8. The monoisotopic (exact) mass is 577 g/mol. The maximum Gasteiger partial charge on any atom is 0.410 e. The standard InChI is InChI=1S/C32H40ClN5O3/c1-22-10-14-32(2,15-11-22)41-31(40)36(3)28-21-38(20-27(28)24-5-7-26(33)8-6-24)30(39)25-12-16-37(17-13-25)29-9-4-23(18-34)19-35-29/h4-9,19,22,25,27-28H,10-17,20-21H2,1-3H3/t22-,27-,28+,32-/m0/s1. The van der Waals surface area contributed by atoms with Gasteiger partial charge in [-0.2, -0.15) is 5.26 Å². The van der Waals surface area contributed by atoms with Crippen LogP contribution in [0.15, 0.2) is 42.6 Å². The number of likely N-dealkylation sites (tertiary alicyclic amines) is 1. The quantitative estimate of drug-likeness (QED) is 0.442. The molecule has 8 nitrogen and oxygen atoms in total. The normalized spacial score (nSPS) is 26.9. The van der Waals surface area contributed by atoms with Gasteiger partial charge in [-0.25, -0.2) is 9.78 Å². The van der Waals surface area contributed by atoms with Crippen LogP contribution in [0.2, 0.25) is 5.02 Å². The van der Waals surface area contributed by atoms with Crippen LogP contribution in [-0.2, 0) is 9.53 Å². The average molecular weight is 578 g/mol. The fourth-order valence-electron chi connectivity index (χ4n) is 6.54. The van der Waals surface area contributed by atoms with Crippen molar-refractivity contribution in [3.63, 3.8) is 0 Å². The SMILES string of the molecule is CN(C(=O)O[C@]1(C)CC[C@@H](C)CC1)[C@@H]1CN(C(=O)C2CCN(c3ccc(C#N)cn3)CC2)C[C@H]1c1ccc(Cl)cc1. The van der Waals surface area contributed by atoms with E-state index in [1.807, 2.05) is 49.2 Å². The van der Waals surface area contributed by atoms with Crippen molar-refractivity contribution >= 4 is 29.4 Å². The van der Waals surface area contributed by atoms with Gasteiger partial charge in [-0.3, -0.25) is 4.79 Å². The Bertz CT molecular complexity index is 1260. The van der Waals surface area contributed by atoms with Gasteiger partial charge in [0.15, 0.2) is 0 Å². The van der Waals surface area contributed by atoms with Gasteiger partial charge >= 0.3 is 6.09 Å². The number of aromatic nitrogens is 1. The van der Waals surface area contributed by atoms with Gasteiger partial charge in [-0.05, 0) is 81.2 Å². The van der Waals surface area contributed by atoms with Crippen LogP contribution in [0.4, 0.5) is 10.6 Å². The summed E-state index contributed by atoms with van der Waals surface area (Å²) in [6.45, 7) is 6.79. The van der Waals surface area contributed by atoms with E-state index in [4.69, 9.17) is 21.6 Å². The molecule has 1 saturated carbocycles. The first-order valence-corrected chi connectivity index (χ1v) is 15.1. The Kier molecular flexibility index (Phi) is 8.74. The summed E-state index contributed by atoms with van der Waals surface area (Å²) in [7, 11) is 1.81. The van der Waals surface area contributed by atoms with Gasteiger partial charge in [-0.15, -0.1) is 0 Å². The first-order chi connectivity index (χ1) is 19.7. The van der Waals surface area contributed by atoms with Gasteiger partial charge in [-0.1, -0.05) is 30.7 Å². The molecule has 3 aliphatic rings. The molecule has 0 radical (unpaired) electrons. The van der Waals surface area contributed by atoms with Crippen molar-refractivity contribution in [1.29, 1.82) is 5.26 Å². The van der Waals surface area contributed by atoms with Gasteiger partial charge in [0, 0.05) is 56.3 Å². The van der Waals surface area contributed by atoms with Crippen molar-refractivity contribution < 1.29 is 14.3 Å². The van der Waals surface area contributed by atoms with E-state index in [9.17, 15) is 9.59 Å². The van der Waals surface area contributed by atoms with E-state index in [0.717, 1.165) is 63.0 Å². The van der Waals surface area contributed by atoms with Crippen LogP contribution in [0.3, 0.4) is 0 Å². The van der Waals surface area contributed by atoms with Crippen LogP contribution in [0.25, 0.3) is 0 Å². The molecule has 5 rings (SSSR count). The summed E-state index contributed by atoms with van der Waals surface area (Å²) in [4.78, 5) is 37.5. The fourth-order valence-corrected chi connectivity index (χ4v) is 6.67. The van der Waals surface area contributed by atoms with Gasteiger partial charge in [0.05, 0.1) is 11.6 Å². The Morgan fingerprint density at radius 3 is 2.37 bits per heavy atom. The zero-order valence-corrected chi connectivity index (χ0v) is 25.0. The molecule has 3 fully saturated rings. The van der Waals surface area contributed by atoms with E-state index >= 15 is 0 Å². The number of benzene rings is 1. The molecule has 9 heteroatoms. The molecular formula is C32H40ClN5O3. The Morgan fingerprint density at radius 1 is 1.07 bits per heavy atom. The number of anilines is 1. The lowest BCUT2D eigenvalue weighted by Crippen LogP contribution is -2.47. The number of nitriles is 1. The number of likely N-dealkylation sites (N-methyl/N-ethyl adjacent to an activating group) is 1. The van der Waals surface area contributed by atoms with E-state index in [2.05, 4.69) is 22.9 Å². The number of hydrogen-bond acceptors (Lipinski definition) is 6. The Labute approximate surface area is 248 Å². The van der Waals surface area contributed by atoms with Crippen molar-refractivity contribution in [2.24, 2.45) is 11.8 Å². The molecule has 2 saturated heterocycles. The van der Waals surface area contributed by atoms with Crippen LogP contribution in [-0.4, -0.2) is 71.7 Å². The number of hydrogen-bond donors (Lipinski definition) is 0. The largest absolute Gasteiger partial charge is 0.443 e. The number of carbonyl (C=O) groups is 2. The molecule has 0 bridgehead atoms. The molecule has 2 aromatic rings. The highest BCUT2D eigenvalue weighted by atomic mass is 35.5. The lowest BCUT2D eigenvalue weighted by molar-refractivity contribution is -0.135. The van der Waals surface area contributed by atoms with E-state index in [1.165, 1.54) is 0 Å². The first-order valence-electron chi connectivity index (χ1n) is 14.8. The number of rotatable bonds is 5. The number of ether oxygens (including phenoxy) is 1. The minimum atomic E-state index is -0.445. The molecule has 3 heterocycles. The number of carbonyl (C=O) groups excluding carboxylic acids is 2. The van der Waals surface area contributed by atoms with Crippen LogP contribution < -0.4 is 4.90 Å². The number of pyridine rings is 1. The Morgan fingerprint density at radius 2 is 1.76 bits per heavy atom. The van der Waals surface area contributed by atoms with Crippen LogP contribution >= 0.6 is 11.6 Å². The van der Waals surface area contributed by atoms with E-state index < -0.39 is 5.60 Å². The molecule has 2 amide bonds. The molecule has 2 aliphatic heterocycles. The second-order valence-electron chi connectivity index (χ2n) is 12.4. The number of nitrogens with zero attached hydrogens (tertiary/aromatic N) is 5.